The molecule has 0 heterocycles. The predicted octanol–water partition coefficient (Wildman–Crippen LogP) is 4.14. The van der Waals surface area contributed by atoms with E-state index in [0.29, 0.717) is 17.7 Å². The fraction of sp³-hybridized carbons (Fsp3) is 0.0625. The monoisotopic (exact) mass is 328 g/mol. The molecule has 0 spiro atoms. The molecule has 0 fully saturated rings. The van der Waals surface area contributed by atoms with Crippen molar-refractivity contribution in [3.05, 3.63) is 76.6 Å². The van der Waals surface area contributed by atoms with Crippen molar-refractivity contribution in [3.63, 3.8) is 0 Å². The Labute approximate surface area is 127 Å². The summed E-state index contributed by atoms with van der Waals surface area (Å²) >= 11 is 0. The molecule has 0 aliphatic heterocycles. The van der Waals surface area contributed by atoms with Gasteiger partial charge < -0.3 is 4.74 Å². The highest BCUT2D eigenvalue weighted by Gasteiger charge is 2.24. The maximum atomic E-state index is 13.4. The Balaban J connectivity index is 2.13. The third-order valence-electron chi connectivity index (χ3n) is 2.85. The highest BCUT2D eigenvalue weighted by Crippen LogP contribution is 2.23. The number of hydrogen-bond acceptors (Lipinski definition) is 2. The second kappa shape index (κ2) is 7.04. The molecule has 0 bridgehead atoms. The summed E-state index contributed by atoms with van der Waals surface area (Å²) in [6.07, 6.45) is 1.06. The van der Waals surface area contributed by atoms with Crippen molar-refractivity contribution in [2.75, 3.05) is 0 Å². The van der Waals surface area contributed by atoms with Crippen LogP contribution in [0.2, 0.25) is 0 Å². The zero-order valence-electron chi connectivity index (χ0n) is 11.5. The van der Waals surface area contributed by atoms with Crippen LogP contribution in [0.25, 0.3) is 6.08 Å². The van der Waals surface area contributed by atoms with Crippen LogP contribution < -0.4 is 0 Å². The summed E-state index contributed by atoms with van der Waals surface area (Å²) in [7, 11) is 0. The Morgan fingerprint density at radius 1 is 0.870 bits per heavy atom. The Bertz CT molecular complexity index is 728. The first-order chi connectivity index (χ1) is 10.9. The van der Waals surface area contributed by atoms with Crippen molar-refractivity contribution >= 4 is 12.0 Å². The highest BCUT2D eigenvalue weighted by atomic mass is 19.2. The van der Waals surface area contributed by atoms with Gasteiger partial charge in [0.15, 0.2) is 23.3 Å². The van der Waals surface area contributed by atoms with Crippen molar-refractivity contribution in [2.45, 2.75) is 6.61 Å². The fourth-order valence-corrected chi connectivity index (χ4v) is 1.70. The first-order valence-electron chi connectivity index (χ1n) is 6.32. The van der Waals surface area contributed by atoms with Crippen LogP contribution in [0.5, 0.6) is 0 Å². The van der Waals surface area contributed by atoms with Crippen LogP contribution in [0.1, 0.15) is 11.1 Å². The van der Waals surface area contributed by atoms with Crippen molar-refractivity contribution in [1.29, 1.82) is 0 Å². The topological polar surface area (TPSA) is 26.3 Å². The van der Waals surface area contributed by atoms with Gasteiger partial charge in [-0.1, -0.05) is 30.3 Å². The molecule has 0 unspecified atom stereocenters. The minimum Gasteiger partial charge on any atom is -0.458 e. The van der Waals surface area contributed by atoms with E-state index in [2.05, 4.69) is 0 Å². The SMILES string of the molecule is O=C(/C=C/c1c(F)c(F)c(F)c(F)c1F)OCc1ccccc1. The van der Waals surface area contributed by atoms with Crippen molar-refractivity contribution in [1.82, 2.24) is 0 Å². The van der Waals surface area contributed by atoms with Gasteiger partial charge in [-0.05, 0) is 11.6 Å². The van der Waals surface area contributed by atoms with Gasteiger partial charge in [0.05, 0.1) is 5.56 Å². The zero-order chi connectivity index (χ0) is 17.0. The van der Waals surface area contributed by atoms with Crippen molar-refractivity contribution in [3.8, 4) is 0 Å². The van der Waals surface area contributed by atoms with Gasteiger partial charge in [0.1, 0.15) is 6.61 Å². The Morgan fingerprint density at radius 3 is 1.96 bits per heavy atom. The standard InChI is InChI=1S/C16H9F5O2/c17-12-10(13(18)15(20)16(21)14(12)19)6-7-11(22)23-8-9-4-2-1-3-5-9/h1-7H,8H2/b7-6+. The van der Waals surface area contributed by atoms with E-state index < -0.39 is 40.6 Å². The smallest absolute Gasteiger partial charge is 0.331 e. The summed E-state index contributed by atoms with van der Waals surface area (Å²) < 4.78 is 70.4. The van der Waals surface area contributed by atoms with Crippen LogP contribution in [0.15, 0.2) is 36.4 Å². The Hall–Kier alpha value is -2.70. The van der Waals surface area contributed by atoms with Gasteiger partial charge in [-0.3, -0.25) is 0 Å². The molecule has 0 N–H and O–H groups in total. The quantitative estimate of drug-likeness (QED) is 0.277. The molecule has 0 aromatic heterocycles. The molecule has 7 heteroatoms. The number of halogens is 5. The van der Waals surface area contributed by atoms with Gasteiger partial charge in [-0.15, -0.1) is 0 Å². The summed E-state index contributed by atoms with van der Waals surface area (Å²) in [5.74, 6) is -11.5. The van der Waals surface area contributed by atoms with Crippen molar-refractivity contribution in [2.24, 2.45) is 0 Å². The molecule has 23 heavy (non-hydrogen) atoms. The molecule has 0 aliphatic rings. The van der Waals surface area contributed by atoms with E-state index in [0.717, 1.165) is 0 Å². The van der Waals surface area contributed by atoms with E-state index in [1.807, 2.05) is 0 Å². The molecule has 120 valence electrons. The molecule has 2 nitrogen and oxygen atoms in total. The molecule has 2 aromatic carbocycles. The van der Waals surface area contributed by atoms with Crippen LogP contribution in [0, 0.1) is 29.1 Å². The Kier molecular flexibility index (Phi) is 5.10. The number of esters is 1. The van der Waals surface area contributed by atoms with Crippen molar-refractivity contribution < 1.29 is 31.5 Å². The van der Waals surface area contributed by atoms with E-state index in [1.165, 1.54) is 0 Å². The van der Waals surface area contributed by atoms with E-state index in [1.54, 1.807) is 30.3 Å². The number of carbonyl (C=O) groups is 1. The van der Waals surface area contributed by atoms with Crippen LogP contribution >= 0.6 is 0 Å². The average Bonchev–Trinajstić information content (AvgIpc) is 2.57. The third kappa shape index (κ3) is 3.74. The first kappa shape index (κ1) is 16.7. The molecule has 0 saturated carbocycles. The zero-order valence-corrected chi connectivity index (χ0v) is 11.5. The van der Waals surface area contributed by atoms with Crippen LogP contribution in [-0.4, -0.2) is 5.97 Å². The van der Waals surface area contributed by atoms with E-state index in [-0.39, 0.29) is 6.61 Å². The molecule has 2 aromatic rings. The van der Waals surface area contributed by atoms with Gasteiger partial charge in [-0.25, -0.2) is 26.7 Å². The number of hydrogen-bond donors (Lipinski definition) is 0. The van der Waals surface area contributed by atoms with E-state index in [4.69, 9.17) is 4.74 Å². The van der Waals surface area contributed by atoms with Gasteiger partial charge in [0.25, 0.3) is 0 Å². The third-order valence-corrected chi connectivity index (χ3v) is 2.85. The maximum Gasteiger partial charge on any atom is 0.331 e. The number of carbonyl (C=O) groups excluding carboxylic acids is 1. The Morgan fingerprint density at radius 2 is 1.39 bits per heavy atom. The number of rotatable bonds is 4. The second-order valence-electron chi connectivity index (χ2n) is 4.41. The fourth-order valence-electron chi connectivity index (χ4n) is 1.70. The summed E-state index contributed by atoms with van der Waals surface area (Å²) in [4.78, 5) is 11.4. The van der Waals surface area contributed by atoms with Gasteiger partial charge in [0, 0.05) is 6.08 Å². The minimum atomic E-state index is -2.26. The van der Waals surface area contributed by atoms with E-state index in [9.17, 15) is 26.7 Å². The molecule has 0 atom stereocenters. The lowest BCUT2D eigenvalue weighted by Crippen LogP contribution is -2.05. The summed E-state index contributed by atoms with van der Waals surface area (Å²) in [5, 5.41) is 0. The van der Waals surface area contributed by atoms with Crippen LogP contribution in [0.4, 0.5) is 22.0 Å². The normalized spacial score (nSPS) is 11.0. The van der Waals surface area contributed by atoms with Gasteiger partial charge in [-0.2, -0.15) is 0 Å². The molecular weight excluding hydrogens is 319 g/mol. The molecule has 0 amide bonds. The second-order valence-corrected chi connectivity index (χ2v) is 4.41. The average molecular weight is 328 g/mol. The molecule has 0 aliphatic carbocycles. The molecule has 2 rings (SSSR count). The number of ether oxygens (including phenoxy) is 1. The summed E-state index contributed by atoms with van der Waals surface area (Å²) in [6, 6.07) is 8.55. The van der Waals surface area contributed by atoms with Gasteiger partial charge in [0.2, 0.25) is 5.82 Å². The predicted molar refractivity (Wildman–Crippen MR) is 71.5 cm³/mol. The van der Waals surface area contributed by atoms with Crippen LogP contribution in [-0.2, 0) is 16.1 Å². The number of benzene rings is 2. The minimum absolute atomic E-state index is 0.0961. The largest absolute Gasteiger partial charge is 0.458 e. The highest BCUT2D eigenvalue weighted by molar-refractivity contribution is 5.87. The first-order valence-corrected chi connectivity index (χ1v) is 6.32. The maximum absolute atomic E-state index is 13.4. The summed E-state index contributed by atoms with van der Waals surface area (Å²) in [5.41, 5.74) is -0.538. The molecular formula is C16H9F5O2. The van der Waals surface area contributed by atoms with E-state index >= 15 is 0 Å². The summed E-state index contributed by atoms with van der Waals surface area (Å²) in [6.45, 7) is -0.0961. The van der Waals surface area contributed by atoms with Gasteiger partial charge >= 0.3 is 5.97 Å². The van der Waals surface area contributed by atoms with Crippen LogP contribution in [0.3, 0.4) is 0 Å². The molecule has 0 radical (unpaired) electrons. The lowest BCUT2D eigenvalue weighted by molar-refractivity contribution is -0.138. The molecule has 0 saturated heterocycles. The lowest BCUT2D eigenvalue weighted by atomic mass is 10.1. The lowest BCUT2D eigenvalue weighted by Gasteiger charge is -2.04.